The number of hydrogen-bond donors (Lipinski definition) is 2. The van der Waals surface area contributed by atoms with Crippen molar-refractivity contribution in [3.8, 4) is 40.1 Å². The summed E-state index contributed by atoms with van der Waals surface area (Å²) in [4.78, 5) is 12.8. The van der Waals surface area contributed by atoms with E-state index in [2.05, 4.69) is 8.37 Å². The van der Waals surface area contributed by atoms with Crippen LogP contribution in [0.25, 0.3) is 22.3 Å². The maximum absolute atomic E-state index is 12.8. The largest absolute Gasteiger partial charge is 0.716 e. The normalized spacial score (nSPS) is 12.0. The molecule has 0 saturated heterocycles. The number of phenols is 2. The highest BCUT2D eigenvalue weighted by Crippen LogP contribution is 2.39. The Morgan fingerprint density at radius 3 is 2.16 bits per heavy atom. The molecule has 0 bridgehead atoms. The molecule has 0 aliphatic carbocycles. The fraction of sp³-hybridized carbons (Fsp3) is 0.0625. The molecule has 0 amide bonds. The van der Waals surface area contributed by atoms with Crippen molar-refractivity contribution >= 4 is 31.8 Å². The number of aromatic hydroxyl groups is 2. The number of methoxy groups -OCH3 is 1. The molecule has 0 spiro atoms. The van der Waals surface area contributed by atoms with Gasteiger partial charge in [-0.05, 0) is 18.2 Å². The zero-order valence-electron chi connectivity index (χ0n) is 15.1. The van der Waals surface area contributed by atoms with E-state index in [9.17, 15) is 40.9 Å². The summed E-state index contributed by atoms with van der Waals surface area (Å²) in [6.07, 6.45) is 0. The molecular weight excluding hydrogens is 464 g/mol. The SMILES string of the molecule is COc1cc(-c2oc3cc(OS(=O)(=O)[O-])cc(O)c3c(=O)c2OS(=O)(=O)[O-])ccc1O. The van der Waals surface area contributed by atoms with E-state index >= 15 is 0 Å². The summed E-state index contributed by atoms with van der Waals surface area (Å²) in [5.41, 5.74) is -1.99. The van der Waals surface area contributed by atoms with Crippen molar-refractivity contribution in [1.29, 1.82) is 0 Å². The Balaban J connectivity index is 2.40. The molecule has 0 fully saturated rings. The lowest BCUT2D eigenvalue weighted by Crippen LogP contribution is -2.16. The molecule has 0 aliphatic heterocycles. The number of hydrogen-bond acceptors (Lipinski definition) is 13. The Labute approximate surface area is 173 Å². The first kappa shape index (κ1) is 22.2. The minimum atomic E-state index is -5.49. The molecule has 0 aliphatic rings. The fourth-order valence-electron chi connectivity index (χ4n) is 2.61. The van der Waals surface area contributed by atoms with E-state index in [1.54, 1.807) is 0 Å². The molecule has 166 valence electrons. The first-order chi connectivity index (χ1) is 14.3. The van der Waals surface area contributed by atoms with Crippen molar-refractivity contribution < 1.29 is 53.7 Å². The van der Waals surface area contributed by atoms with Gasteiger partial charge in [0.2, 0.25) is 11.2 Å². The van der Waals surface area contributed by atoms with Crippen molar-refractivity contribution in [2.24, 2.45) is 0 Å². The van der Waals surface area contributed by atoms with Gasteiger partial charge in [0.05, 0.1) is 7.11 Å². The minimum absolute atomic E-state index is 0.116. The quantitative estimate of drug-likeness (QED) is 0.369. The summed E-state index contributed by atoms with van der Waals surface area (Å²) in [6.45, 7) is 0. The van der Waals surface area contributed by atoms with Crippen LogP contribution in [0.15, 0.2) is 39.5 Å². The summed E-state index contributed by atoms with van der Waals surface area (Å²) in [6, 6.07) is 4.67. The molecular formula is C16H10O13S2-2. The van der Waals surface area contributed by atoms with Crippen LogP contribution in [0.5, 0.6) is 28.7 Å². The molecule has 31 heavy (non-hydrogen) atoms. The molecule has 0 radical (unpaired) electrons. The van der Waals surface area contributed by atoms with Crippen LogP contribution in [0, 0.1) is 0 Å². The summed E-state index contributed by atoms with van der Waals surface area (Å²) < 4.78 is 84.4. The minimum Gasteiger partial charge on any atom is -0.716 e. The highest BCUT2D eigenvalue weighted by atomic mass is 32.3. The van der Waals surface area contributed by atoms with Crippen molar-refractivity contribution in [1.82, 2.24) is 0 Å². The number of ether oxygens (including phenoxy) is 1. The zero-order valence-corrected chi connectivity index (χ0v) is 16.7. The van der Waals surface area contributed by atoms with E-state index in [0.717, 1.165) is 24.3 Å². The number of benzene rings is 2. The van der Waals surface area contributed by atoms with Crippen molar-refractivity contribution in [2.45, 2.75) is 0 Å². The zero-order chi connectivity index (χ0) is 23.1. The van der Waals surface area contributed by atoms with Crippen LogP contribution in [0.1, 0.15) is 0 Å². The van der Waals surface area contributed by atoms with E-state index in [1.807, 2.05) is 0 Å². The van der Waals surface area contributed by atoms with Gasteiger partial charge in [-0.25, -0.2) is 16.8 Å². The second-order valence-electron chi connectivity index (χ2n) is 5.77. The van der Waals surface area contributed by atoms with E-state index in [0.29, 0.717) is 6.07 Å². The van der Waals surface area contributed by atoms with Gasteiger partial charge in [-0.3, -0.25) is 4.79 Å². The Morgan fingerprint density at radius 2 is 1.58 bits per heavy atom. The predicted octanol–water partition coefficient (Wildman–Crippen LogP) is 0.558. The van der Waals surface area contributed by atoms with Crippen LogP contribution in [-0.2, 0) is 20.8 Å². The van der Waals surface area contributed by atoms with Gasteiger partial charge >= 0.3 is 0 Å². The smallest absolute Gasteiger partial charge is 0.262 e. The molecule has 13 nitrogen and oxygen atoms in total. The van der Waals surface area contributed by atoms with Crippen molar-refractivity contribution in [2.75, 3.05) is 7.11 Å². The summed E-state index contributed by atoms with van der Waals surface area (Å²) in [7, 11) is -9.54. The molecule has 0 saturated carbocycles. The fourth-order valence-corrected chi connectivity index (χ4v) is 3.30. The molecule has 15 heteroatoms. The highest BCUT2D eigenvalue weighted by molar-refractivity contribution is 7.81. The Bertz CT molecular complexity index is 1450. The second kappa shape index (κ2) is 7.62. The monoisotopic (exact) mass is 474 g/mol. The van der Waals surface area contributed by atoms with E-state index in [-0.39, 0.29) is 17.1 Å². The number of rotatable bonds is 6. The Hall–Kier alpha value is -3.53. The summed E-state index contributed by atoms with van der Waals surface area (Å²) in [5, 5.41) is 19.1. The first-order valence-corrected chi connectivity index (χ1v) is 10.5. The summed E-state index contributed by atoms with van der Waals surface area (Å²) >= 11 is 0. The first-order valence-electron chi connectivity index (χ1n) is 7.81. The molecule has 2 N–H and O–H groups in total. The van der Waals surface area contributed by atoms with E-state index < -0.39 is 60.2 Å². The average molecular weight is 474 g/mol. The maximum Gasteiger partial charge on any atom is 0.262 e. The van der Waals surface area contributed by atoms with Gasteiger partial charge in [0.25, 0.3) is 20.8 Å². The van der Waals surface area contributed by atoms with Crippen LogP contribution in [0.2, 0.25) is 0 Å². The van der Waals surface area contributed by atoms with E-state index in [4.69, 9.17) is 9.15 Å². The van der Waals surface area contributed by atoms with Crippen LogP contribution < -0.4 is 18.5 Å². The lowest BCUT2D eigenvalue weighted by Gasteiger charge is -2.15. The lowest BCUT2D eigenvalue weighted by atomic mass is 10.1. The predicted molar refractivity (Wildman–Crippen MR) is 98.5 cm³/mol. The number of fused-ring (bicyclic) bond motifs is 1. The maximum atomic E-state index is 12.8. The van der Waals surface area contributed by atoms with Gasteiger partial charge in [0, 0.05) is 17.7 Å². The molecule has 1 aromatic heterocycles. The van der Waals surface area contributed by atoms with Crippen LogP contribution in [-0.4, -0.2) is 43.3 Å². The molecule has 3 aromatic rings. The van der Waals surface area contributed by atoms with Crippen molar-refractivity contribution in [3.05, 3.63) is 40.6 Å². The topological polar surface area (TPSA) is 213 Å². The van der Waals surface area contributed by atoms with Gasteiger partial charge in [-0.1, -0.05) is 0 Å². The molecule has 3 rings (SSSR count). The van der Waals surface area contributed by atoms with Crippen LogP contribution in [0.4, 0.5) is 0 Å². The van der Waals surface area contributed by atoms with Gasteiger partial charge in [0.1, 0.15) is 22.5 Å². The highest BCUT2D eigenvalue weighted by Gasteiger charge is 2.24. The molecule has 2 aromatic carbocycles. The molecule has 1 heterocycles. The van der Waals surface area contributed by atoms with Gasteiger partial charge in [0.15, 0.2) is 17.3 Å². The third-order valence-corrected chi connectivity index (χ3v) is 4.50. The lowest BCUT2D eigenvalue weighted by molar-refractivity contribution is 0.364. The summed E-state index contributed by atoms with van der Waals surface area (Å²) in [5.74, 6) is -3.93. The Kier molecular flexibility index (Phi) is 5.45. The van der Waals surface area contributed by atoms with Crippen LogP contribution >= 0.6 is 0 Å². The third kappa shape index (κ3) is 4.80. The van der Waals surface area contributed by atoms with Gasteiger partial charge in [-0.15, -0.1) is 0 Å². The van der Waals surface area contributed by atoms with Gasteiger partial charge < -0.3 is 36.8 Å². The average Bonchev–Trinajstić information content (AvgIpc) is 2.61. The third-order valence-electron chi connectivity index (χ3n) is 3.73. The van der Waals surface area contributed by atoms with Crippen molar-refractivity contribution in [3.63, 3.8) is 0 Å². The standard InChI is InChI=1S/C16H12O13S2/c1-26-11-4-7(2-3-9(11)17)15-16(29-31(23,24)25)14(19)13-10(18)5-8(6-12(13)27-15)28-30(20,21)22/h2-6,17-18H,1H3,(H,20,21,22)(H,23,24,25)/p-2. The van der Waals surface area contributed by atoms with Gasteiger partial charge in [-0.2, -0.15) is 0 Å². The number of phenolic OH excluding ortho intramolecular Hbond substituents is 2. The molecule has 0 unspecified atom stereocenters. The van der Waals surface area contributed by atoms with Crippen LogP contribution in [0.3, 0.4) is 0 Å². The Morgan fingerprint density at radius 1 is 0.935 bits per heavy atom. The van der Waals surface area contributed by atoms with E-state index in [1.165, 1.54) is 7.11 Å². The molecule has 0 atom stereocenters. The second-order valence-corrected chi connectivity index (χ2v) is 7.74.